The van der Waals surface area contributed by atoms with Gasteiger partial charge in [0.1, 0.15) is 0 Å². The largest absolute Gasteiger partial charge is 0.289 e. The van der Waals surface area contributed by atoms with Crippen molar-refractivity contribution < 1.29 is 4.79 Å². The minimum Gasteiger partial charge on any atom is -0.289 e. The lowest BCUT2D eigenvalue weighted by atomic mass is 10.0. The molecule has 0 aliphatic rings. The number of nitrogens with zero attached hydrogens (tertiary/aromatic N) is 2. The first-order chi connectivity index (χ1) is 12.2. The first kappa shape index (κ1) is 15.7. The Morgan fingerprint density at radius 1 is 0.800 bits per heavy atom. The van der Waals surface area contributed by atoms with Crippen LogP contribution in [0.5, 0.6) is 0 Å². The van der Waals surface area contributed by atoms with Gasteiger partial charge in [-0.1, -0.05) is 58.4 Å². The highest BCUT2D eigenvalue weighted by atomic mass is 79.9. The predicted octanol–water partition coefficient (Wildman–Crippen LogP) is 5.29. The summed E-state index contributed by atoms with van der Waals surface area (Å²) in [6.45, 7) is 0. The van der Waals surface area contributed by atoms with Gasteiger partial charge in [0.05, 0.1) is 22.9 Å². The van der Waals surface area contributed by atoms with Gasteiger partial charge in [0, 0.05) is 21.2 Å². The zero-order valence-electron chi connectivity index (χ0n) is 13.2. The lowest BCUT2D eigenvalue weighted by Gasteiger charge is -2.05. The van der Waals surface area contributed by atoms with E-state index in [1.54, 1.807) is 18.3 Å². The Bertz CT molecular complexity index is 1060. The van der Waals surface area contributed by atoms with E-state index in [1.165, 1.54) is 0 Å². The van der Waals surface area contributed by atoms with E-state index in [0.29, 0.717) is 16.6 Å². The molecule has 0 saturated heterocycles. The molecule has 0 spiro atoms. The van der Waals surface area contributed by atoms with Gasteiger partial charge in [0.15, 0.2) is 5.78 Å². The normalized spacial score (nSPS) is 10.8. The Hall–Kier alpha value is -2.85. The van der Waals surface area contributed by atoms with E-state index in [-0.39, 0.29) is 5.78 Å². The number of halogens is 1. The van der Waals surface area contributed by atoms with Crippen molar-refractivity contribution in [2.75, 3.05) is 0 Å². The molecule has 0 saturated carbocycles. The van der Waals surface area contributed by atoms with Crippen LogP contribution in [-0.4, -0.2) is 15.8 Å². The molecule has 0 aliphatic carbocycles. The molecule has 4 rings (SSSR count). The van der Waals surface area contributed by atoms with Crippen LogP contribution in [0.15, 0.2) is 83.5 Å². The number of carbonyl (C=O) groups is 1. The Morgan fingerprint density at radius 2 is 1.56 bits per heavy atom. The van der Waals surface area contributed by atoms with Gasteiger partial charge >= 0.3 is 0 Å². The SMILES string of the molecule is O=C(c1ccccc1)c1ccc2nc(-c3ccc(Br)cc3)cnc2c1. The van der Waals surface area contributed by atoms with Gasteiger partial charge in [0.25, 0.3) is 0 Å². The van der Waals surface area contributed by atoms with Crippen LogP contribution in [0.3, 0.4) is 0 Å². The van der Waals surface area contributed by atoms with Crippen LogP contribution in [0.4, 0.5) is 0 Å². The van der Waals surface area contributed by atoms with Crippen molar-refractivity contribution >= 4 is 32.7 Å². The van der Waals surface area contributed by atoms with Gasteiger partial charge in [-0.3, -0.25) is 9.78 Å². The quantitative estimate of drug-likeness (QED) is 0.447. The summed E-state index contributed by atoms with van der Waals surface area (Å²) in [4.78, 5) is 21.7. The summed E-state index contributed by atoms with van der Waals surface area (Å²) >= 11 is 3.43. The van der Waals surface area contributed by atoms with Crippen molar-refractivity contribution in [2.24, 2.45) is 0 Å². The summed E-state index contributed by atoms with van der Waals surface area (Å²) in [6.07, 6.45) is 1.74. The van der Waals surface area contributed by atoms with E-state index in [9.17, 15) is 4.79 Å². The molecule has 1 heterocycles. The van der Waals surface area contributed by atoms with Crippen LogP contribution in [0.2, 0.25) is 0 Å². The Labute approximate surface area is 153 Å². The molecular weight excluding hydrogens is 376 g/mol. The average molecular weight is 389 g/mol. The summed E-state index contributed by atoms with van der Waals surface area (Å²) in [5.74, 6) is -0.0127. The number of carbonyl (C=O) groups excluding carboxylic acids is 1. The van der Waals surface area contributed by atoms with Crippen molar-refractivity contribution in [1.29, 1.82) is 0 Å². The number of fused-ring (bicyclic) bond motifs is 1. The third kappa shape index (κ3) is 3.21. The first-order valence-electron chi connectivity index (χ1n) is 7.83. The fourth-order valence-corrected chi connectivity index (χ4v) is 2.93. The van der Waals surface area contributed by atoms with Crippen molar-refractivity contribution in [3.8, 4) is 11.3 Å². The summed E-state index contributed by atoms with van der Waals surface area (Å²) in [5, 5.41) is 0. The molecule has 0 radical (unpaired) electrons. The molecule has 3 aromatic carbocycles. The molecule has 4 aromatic rings. The number of hydrogen-bond donors (Lipinski definition) is 0. The molecule has 0 bridgehead atoms. The first-order valence-corrected chi connectivity index (χ1v) is 8.62. The maximum atomic E-state index is 12.6. The highest BCUT2D eigenvalue weighted by Gasteiger charge is 2.10. The zero-order valence-corrected chi connectivity index (χ0v) is 14.8. The van der Waals surface area contributed by atoms with Gasteiger partial charge < -0.3 is 0 Å². The van der Waals surface area contributed by atoms with Crippen LogP contribution in [0.1, 0.15) is 15.9 Å². The standard InChI is InChI=1S/C21H13BrN2O/c22-17-9-6-14(7-10-17)20-13-23-19-12-16(8-11-18(19)24-20)21(25)15-4-2-1-3-5-15/h1-13H. The minimum absolute atomic E-state index is 0.0127. The molecule has 3 nitrogen and oxygen atoms in total. The maximum absolute atomic E-state index is 12.6. The van der Waals surface area contributed by atoms with Crippen molar-refractivity contribution in [3.63, 3.8) is 0 Å². The molecule has 0 amide bonds. The highest BCUT2D eigenvalue weighted by Crippen LogP contribution is 2.22. The Balaban J connectivity index is 1.72. The molecule has 0 N–H and O–H groups in total. The molecular formula is C21H13BrN2O. The molecule has 120 valence electrons. The van der Waals surface area contributed by atoms with E-state index in [1.807, 2.05) is 60.7 Å². The van der Waals surface area contributed by atoms with E-state index in [4.69, 9.17) is 0 Å². The molecule has 4 heteroatoms. The van der Waals surface area contributed by atoms with E-state index >= 15 is 0 Å². The zero-order chi connectivity index (χ0) is 17.2. The second-order valence-corrected chi connectivity index (χ2v) is 6.58. The highest BCUT2D eigenvalue weighted by molar-refractivity contribution is 9.10. The topological polar surface area (TPSA) is 42.9 Å². The molecule has 0 unspecified atom stereocenters. The van der Waals surface area contributed by atoms with Crippen LogP contribution in [0.25, 0.3) is 22.3 Å². The number of hydrogen-bond acceptors (Lipinski definition) is 3. The lowest BCUT2D eigenvalue weighted by molar-refractivity contribution is 0.103. The molecule has 0 aliphatic heterocycles. The van der Waals surface area contributed by atoms with E-state index < -0.39 is 0 Å². The van der Waals surface area contributed by atoms with Crippen molar-refractivity contribution in [1.82, 2.24) is 9.97 Å². The second-order valence-electron chi connectivity index (χ2n) is 5.66. The van der Waals surface area contributed by atoms with E-state index in [2.05, 4.69) is 25.9 Å². The molecule has 1 aromatic heterocycles. The Morgan fingerprint density at radius 3 is 2.32 bits per heavy atom. The third-order valence-corrected chi connectivity index (χ3v) is 4.51. The number of aromatic nitrogens is 2. The molecule has 25 heavy (non-hydrogen) atoms. The average Bonchev–Trinajstić information content (AvgIpc) is 2.68. The van der Waals surface area contributed by atoms with Crippen LogP contribution >= 0.6 is 15.9 Å². The summed E-state index contributed by atoms with van der Waals surface area (Å²) in [6, 6.07) is 22.6. The fraction of sp³-hybridized carbons (Fsp3) is 0. The van der Waals surface area contributed by atoms with Gasteiger partial charge in [-0.15, -0.1) is 0 Å². The third-order valence-electron chi connectivity index (χ3n) is 3.98. The minimum atomic E-state index is -0.0127. The summed E-state index contributed by atoms with van der Waals surface area (Å²) < 4.78 is 1.02. The lowest BCUT2D eigenvalue weighted by Crippen LogP contribution is -2.01. The van der Waals surface area contributed by atoms with Crippen LogP contribution < -0.4 is 0 Å². The molecule has 0 fully saturated rings. The van der Waals surface area contributed by atoms with E-state index in [0.717, 1.165) is 21.2 Å². The number of benzene rings is 3. The number of ketones is 1. The van der Waals surface area contributed by atoms with Crippen molar-refractivity contribution in [2.45, 2.75) is 0 Å². The summed E-state index contributed by atoms with van der Waals surface area (Å²) in [7, 11) is 0. The maximum Gasteiger partial charge on any atom is 0.193 e. The fourth-order valence-electron chi connectivity index (χ4n) is 2.67. The van der Waals surface area contributed by atoms with Crippen molar-refractivity contribution in [3.05, 3.63) is 94.6 Å². The van der Waals surface area contributed by atoms with Gasteiger partial charge in [-0.05, 0) is 30.3 Å². The van der Waals surface area contributed by atoms with Gasteiger partial charge in [0.2, 0.25) is 0 Å². The van der Waals surface area contributed by atoms with Gasteiger partial charge in [-0.25, -0.2) is 4.98 Å². The smallest absolute Gasteiger partial charge is 0.193 e. The number of rotatable bonds is 3. The Kier molecular flexibility index (Phi) is 4.12. The molecule has 0 atom stereocenters. The monoisotopic (exact) mass is 388 g/mol. The van der Waals surface area contributed by atoms with Crippen LogP contribution in [-0.2, 0) is 0 Å². The second kappa shape index (κ2) is 6.57. The van der Waals surface area contributed by atoms with Gasteiger partial charge in [-0.2, -0.15) is 0 Å². The summed E-state index contributed by atoms with van der Waals surface area (Å²) in [5.41, 5.74) is 4.57. The predicted molar refractivity (Wildman–Crippen MR) is 103 cm³/mol. The van der Waals surface area contributed by atoms with Crippen LogP contribution in [0, 0.1) is 0 Å².